The molecule has 440 valence electrons. The molecule has 0 saturated carbocycles. The van der Waals surface area contributed by atoms with Crippen LogP contribution in [-0.4, -0.2) is 73.4 Å². The Balaban J connectivity index is 4.01. The molecular formula is C66H126N2O6P+. The molecular weight excluding hydrogens is 948 g/mol. The number of quaternary nitrogens is 1. The summed E-state index contributed by atoms with van der Waals surface area (Å²) >= 11 is 0. The highest BCUT2D eigenvalue weighted by Crippen LogP contribution is 2.43. The van der Waals surface area contributed by atoms with Crippen LogP contribution in [0.5, 0.6) is 0 Å². The Hall–Kier alpha value is -1.80. The Morgan fingerprint density at radius 2 is 0.773 bits per heavy atom. The standard InChI is InChI=1S/C66H125N2O6P/c1-6-8-10-12-14-16-18-20-22-24-25-26-27-28-29-30-31-32-33-34-35-36-37-38-39-40-41-42-43-44-46-48-50-52-54-56-58-60-66(70)67-64(63-74-75(71,72)73-62-61-68(3,4)5)65(69)59-57-55-53-51-49-47-45-23-21-19-17-15-13-11-9-7-2/h21,23,29-30,32-33,49,51,57,59,64-65,69H,6-20,22,24-28,31,34-48,50,52-56,58,60-63H2,1-5H3,(H-,67,70,71,72)/p+1/b23-21+,30-29-,33-32-,51-49+,59-57+. The first-order chi connectivity index (χ1) is 36.5. The number of rotatable bonds is 59. The van der Waals surface area contributed by atoms with Crippen LogP contribution in [0, 0.1) is 0 Å². The summed E-state index contributed by atoms with van der Waals surface area (Å²) in [6.07, 6.45) is 77.9. The van der Waals surface area contributed by atoms with Gasteiger partial charge in [0.1, 0.15) is 13.2 Å². The minimum Gasteiger partial charge on any atom is -0.387 e. The zero-order valence-corrected chi connectivity index (χ0v) is 51.2. The second-order valence-corrected chi connectivity index (χ2v) is 24.6. The van der Waals surface area contributed by atoms with Crippen molar-refractivity contribution in [1.82, 2.24) is 5.32 Å². The molecule has 0 aromatic heterocycles. The van der Waals surface area contributed by atoms with Crippen LogP contribution in [-0.2, 0) is 18.4 Å². The van der Waals surface area contributed by atoms with Gasteiger partial charge >= 0.3 is 7.82 Å². The molecule has 3 atom stereocenters. The van der Waals surface area contributed by atoms with Crippen molar-refractivity contribution in [2.75, 3.05) is 40.9 Å². The molecule has 0 rings (SSSR count). The highest BCUT2D eigenvalue weighted by atomic mass is 31.2. The van der Waals surface area contributed by atoms with Crippen molar-refractivity contribution in [2.24, 2.45) is 0 Å². The minimum absolute atomic E-state index is 0.0528. The first kappa shape index (κ1) is 73.2. The molecule has 1 amide bonds. The number of nitrogens with zero attached hydrogens (tertiary/aromatic N) is 1. The predicted octanol–water partition coefficient (Wildman–Crippen LogP) is 20.0. The first-order valence-corrected chi connectivity index (χ1v) is 33.7. The summed E-state index contributed by atoms with van der Waals surface area (Å²) in [5, 5.41) is 13.9. The van der Waals surface area contributed by atoms with E-state index >= 15 is 0 Å². The van der Waals surface area contributed by atoms with Crippen molar-refractivity contribution in [3.05, 3.63) is 60.8 Å². The Morgan fingerprint density at radius 3 is 1.15 bits per heavy atom. The van der Waals surface area contributed by atoms with Gasteiger partial charge in [0, 0.05) is 6.42 Å². The fraction of sp³-hybridized carbons (Fsp3) is 0.833. The first-order valence-electron chi connectivity index (χ1n) is 32.2. The van der Waals surface area contributed by atoms with E-state index in [1.165, 1.54) is 231 Å². The summed E-state index contributed by atoms with van der Waals surface area (Å²) in [5.41, 5.74) is 0. The molecule has 9 heteroatoms. The highest BCUT2D eigenvalue weighted by molar-refractivity contribution is 7.47. The number of hydrogen-bond acceptors (Lipinski definition) is 5. The summed E-state index contributed by atoms with van der Waals surface area (Å²) in [6.45, 7) is 4.80. The lowest BCUT2D eigenvalue weighted by Gasteiger charge is -2.25. The Morgan fingerprint density at radius 1 is 0.453 bits per heavy atom. The van der Waals surface area contributed by atoms with Gasteiger partial charge in [-0.3, -0.25) is 13.8 Å². The van der Waals surface area contributed by atoms with Crippen LogP contribution in [0.3, 0.4) is 0 Å². The normalized spacial score (nSPS) is 14.2. The number of allylic oxidation sites excluding steroid dienone is 9. The molecule has 0 radical (unpaired) electrons. The number of aliphatic hydroxyl groups excluding tert-OH is 1. The van der Waals surface area contributed by atoms with Gasteiger partial charge in [-0.1, -0.05) is 280 Å². The molecule has 0 aromatic rings. The Labute approximate surface area is 466 Å². The number of unbranched alkanes of at least 4 members (excludes halogenated alkanes) is 38. The number of aliphatic hydroxyl groups is 1. The maximum atomic E-state index is 13.0. The lowest BCUT2D eigenvalue weighted by atomic mass is 10.0. The number of carbonyl (C=O) groups excluding carboxylic acids is 1. The van der Waals surface area contributed by atoms with Crippen LogP contribution < -0.4 is 5.32 Å². The number of nitrogens with one attached hydrogen (secondary N) is 1. The molecule has 0 heterocycles. The van der Waals surface area contributed by atoms with Crippen molar-refractivity contribution in [2.45, 2.75) is 315 Å². The van der Waals surface area contributed by atoms with Gasteiger partial charge in [0.2, 0.25) is 5.91 Å². The van der Waals surface area contributed by atoms with Gasteiger partial charge in [-0.2, -0.15) is 0 Å². The quantitative estimate of drug-likeness (QED) is 0.0243. The summed E-state index contributed by atoms with van der Waals surface area (Å²) in [5.74, 6) is -0.189. The van der Waals surface area contributed by atoms with Gasteiger partial charge in [0.15, 0.2) is 0 Å². The average Bonchev–Trinajstić information content (AvgIpc) is 3.37. The van der Waals surface area contributed by atoms with Crippen molar-refractivity contribution in [3.63, 3.8) is 0 Å². The van der Waals surface area contributed by atoms with Crippen molar-refractivity contribution in [3.8, 4) is 0 Å². The largest absolute Gasteiger partial charge is 0.472 e. The molecule has 0 fully saturated rings. The minimum atomic E-state index is -4.36. The number of hydrogen-bond donors (Lipinski definition) is 3. The van der Waals surface area contributed by atoms with E-state index < -0.39 is 20.0 Å². The van der Waals surface area contributed by atoms with E-state index in [1.54, 1.807) is 6.08 Å². The van der Waals surface area contributed by atoms with Crippen LogP contribution in [0.15, 0.2) is 60.8 Å². The number of phosphoric ester groups is 1. The number of amides is 1. The van der Waals surface area contributed by atoms with E-state index in [-0.39, 0.29) is 19.1 Å². The van der Waals surface area contributed by atoms with Gasteiger partial charge in [0.05, 0.1) is 39.9 Å². The maximum Gasteiger partial charge on any atom is 0.472 e. The van der Waals surface area contributed by atoms with E-state index in [4.69, 9.17) is 9.05 Å². The van der Waals surface area contributed by atoms with Crippen LogP contribution in [0.4, 0.5) is 0 Å². The van der Waals surface area contributed by atoms with Crippen molar-refractivity contribution >= 4 is 13.7 Å². The molecule has 0 aliphatic heterocycles. The fourth-order valence-corrected chi connectivity index (χ4v) is 10.1. The van der Waals surface area contributed by atoms with E-state index in [2.05, 4.69) is 67.8 Å². The van der Waals surface area contributed by atoms with E-state index in [0.29, 0.717) is 17.4 Å². The number of phosphoric acid groups is 1. The van der Waals surface area contributed by atoms with Gasteiger partial charge in [0.25, 0.3) is 0 Å². The molecule has 3 N–H and O–H groups in total. The van der Waals surface area contributed by atoms with Crippen molar-refractivity contribution < 1.29 is 32.9 Å². The third-order valence-electron chi connectivity index (χ3n) is 14.4. The Kier molecular flexibility index (Phi) is 55.5. The maximum absolute atomic E-state index is 13.0. The summed E-state index contributed by atoms with van der Waals surface area (Å²) in [4.78, 5) is 23.3. The summed E-state index contributed by atoms with van der Waals surface area (Å²) in [7, 11) is 1.55. The monoisotopic (exact) mass is 1070 g/mol. The van der Waals surface area contributed by atoms with Crippen LogP contribution in [0.25, 0.3) is 0 Å². The van der Waals surface area contributed by atoms with Crippen molar-refractivity contribution in [1.29, 1.82) is 0 Å². The molecule has 8 nitrogen and oxygen atoms in total. The molecule has 0 saturated heterocycles. The molecule has 0 bridgehead atoms. The molecule has 3 unspecified atom stereocenters. The molecule has 0 aliphatic rings. The number of carbonyl (C=O) groups is 1. The fourth-order valence-electron chi connectivity index (χ4n) is 9.40. The highest BCUT2D eigenvalue weighted by Gasteiger charge is 2.27. The number of likely N-dealkylation sites (N-methyl/N-ethyl adjacent to an activating group) is 1. The third kappa shape index (κ3) is 59.7. The third-order valence-corrected chi connectivity index (χ3v) is 15.4. The van der Waals surface area contributed by atoms with E-state index in [1.807, 2.05) is 27.2 Å². The smallest absolute Gasteiger partial charge is 0.387 e. The lowest BCUT2D eigenvalue weighted by Crippen LogP contribution is -2.45. The second-order valence-electron chi connectivity index (χ2n) is 23.1. The topological polar surface area (TPSA) is 105 Å². The van der Waals surface area contributed by atoms with Crippen LogP contribution in [0.1, 0.15) is 303 Å². The second kappa shape index (κ2) is 56.9. The lowest BCUT2D eigenvalue weighted by molar-refractivity contribution is -0.870. The van der Waals surface area contributed by atoms with Gasteiger partial charge in [-0.05, 0) is 77.0 Å². The molecule has 75 heavy (non-hydrogen) atoms. The summed E-state index contributed by atoms with van der Waals surface area (Å²) in [6, 6.07) is -0.871. The summed E-state index contributed by atoms with van der Waals surface area (Å²) < 4.78 is 23.7. The Bertz CT molecular complexity index is 1400. The van der Waals surface area contributed by atoms with E-state index in [9.17, 15) is 19.4 Å². The van der Waals surface area contributed by atoms with E-state index in [0.717, 1.165) is 51.4 Å². The zero-order valence-electron chi connectivity index (χ0n) is 50.3. The molecule has 0 spiro atoms. The zero-order chi connectivity index (χ0) is 54.9. The molecule has 0 aromatic carbocycles. The molecule has 0 aliphatic carbocycles. The predicted molar refractivity (Wildman–Crippen MR) is 327 cm³/mol. The van der Waals surface area contributed by atoms with Crippen LogP contribution in [0.2, 0.25) is 0 Å². The SMILES string of the molecule is CCCCCCCC/C=C/CC/C=C/CC/C=C/C(O)C(COP(=O)(O)OCC[N+](C)(C)C)NC(=O)CCCCCCCCCCCCCCCCCCC/C=C\C/C=C\CCCCCCCCCCCCCCC. The van der Waals surface area contributed by atoms with Crippen LogP contribution >= 0.6 is 7.82 Å². The van der Waals surface area contributed by atoms with Gasteiger partial charge < -0.3 is 19.8 Å². The van der Waals surface area contributed by atoms with Gasteiger partial charge in [-0.25, -0.2) is 4.57 Å². The average molecular weight is 1070 g/mol. The van der Waals surface area contributed by atoms with Gasteiger partial charge in [-0.15, -0.1) is 0 Å².